The first-order valence-corrected chi connectivity index (χ1v) is 6.38. The highest BCUT2D eigenvalue weighted by Gasteiger charge is 2.25. The summed E-state index contributed by atoms with van der Waals surface area (Å²) in [5.41, 5.74) is -1.25. The molecule has 26 heavy (non-hydrogen) atoms. The third-order valence-electron chi connectivity index (χ3n) is 3.01. The lowest BCUT2D eigenvalue weighted by molar-refractivity contribution is -0.393. The number of hydrogen-bond acceptors (Lipinski definition) is 6. The van der Waals surface area contributed by atoms with E-state index in [2.05, 4.69) is 5.10 Å². The minimum absolute atomic E-state index is 0.224. The number of hydrogen-bond donors (Lipinski definition) is 1. The highest BCUT2D eigenvalue weighted by Crippen LogP contribution is 2.29. The van der Waals surface area contributed by atoms with E-state index in [4.69, 9.17) is 0 Å². The molecule has 0 atom stereocenters. The molecule has 0 aliphatic carbocycles. The third kappa shape index (κ3) is 3.40. The Balaban J connectivity index is 2.38. The van der Waals surface area contributed by atoms with E-state index in [9.17, 15) is 42.2 Å². The van der Waals surface area contributed by atoms with Crippen molar-refractivity contribution in [1.82, 2.24) is 0 Å². The number of nitro groups is 2. The molecule has 0 spiro atoms. The molecular weight excluding hydrogens is 371 g/mol. The quantitative estimate of drug-likeness (QED) is 0.214. The van der Waals surface area contributed by atoms with Gasteiger partial charge in [-0.2, -0.15) is 5.10 Å². The second-order valence-electron chi connectivity index (χ2n) is 4.57. The molecule has 136 valence electrons. The zero-order chi connectivity index (χ0) is 19.6. The monoisotopic (exact) mass is 376 g/mol. The van der Waals surface area contributed by atoms with Crippen molar-refractivity contribution in [3.05, 3.63) is 73.1 Å². The van der Waals surface area contributed by atoms with Gasteiger partial charge in [0.1, 0.15) is 5.69 Å². The molecule has 0 aromatic heterocycles. The maximum absolute atomic E-state index is 13.5. The van der Waals surface area contributed by atoms with Gasteiger partial charge >= 0.3 is 5.69 Å². The zero-order valence-electron chi connectivity index (χ0n) is 12.2. The summed E-state index contributed by atoms with van der Waals surface area (Å²) in [4.78, 5) is 19.6. The number of rotatable bonds is 5. The lowest BCUT2D eigenvalue weighted by Gasteiger charge is -2.05. The van der Waals surface area contributed by atoms with Crippen molar-refractivity contribution in [3.63, 3.8) is 0 Å². The van der Waals surface area contributed by atoms with Crippen molar-refractivity contribution in [2.45, 2.75) is 0 Å². The molecule has 8 nitrogen and oxygen atoms in total. The highest BCUT2D eigenvalue weighted by atomic mass is 19.2. The van der Waals surface area contributed by atoms with Gasteiger partial charge in [0.05, 0.1) is 27.7 Å². The molecule has 0 amide bonds. The molecule has 1 N–H and O–H groups in total. The molecule has 0 aliphatic rings. The first kappa shape index (κ1) is 18.7. The molecule has 2 aromatic rings. The van der Waals surface area contributed by atoms with Crippen molar-refractivity contribution in [3.8, 4) is 0 Å². The first-order valence-electron chi connectivity index (χ1n) is 6.38. The number of nitro benzene ring substituents is 2. The molecule has 0 unspecified atom stereocenters. The molecule has 0 radical (unpaired) electrons. The molecule has 0 heterocycles. The fourth-order valence-corrected chi connectivity index (χ4v) is 1.78. The van der Waals surface area contributed by atoms with E-state index in [1.165, 1.54) is 0 Å². The second kappa shape index (κ2) is 7.08. The minimum Gasteiger partial charge on any atom is -0.272 e. The van der Waals surface area contributed by atoms with Crippen LogP contribution in [0.15, 0.2) is 23.3 Å². The van der Waals surface area contributed by atoms with Crippen molar-refractivity contribution < 1.29 is 31.8 Å². The average Bonchev–Trinajstić information content (AvgIpc) is 2.61. The van der Waals surface area contributed by atoms with E-state index in [0.717, 1.165) is 12.1 Å². The first-order chi connectivity index (χ1) is 12.1. The van der Waals surface area contributed by atoms with Gasteiger partial charge in [0, 0.05) is 6.07 Å². The Labute approximate surface area is 139 Å². The molecule has 2 aromatic carbocycles. The summed E-state index contributed by atoms with van der Waals surface area (Å²) in [6.45, 7) is 0. The molecule has 0 saturated heterocycles. The van der Waals surface area contributed by atoms with E-state index in [1.807, 2.05) is 5.43 Å². The summed E-state index contributed by atoms with van der Waals surface area (Å²) in [6.07, 6.45) is 0.224. The van der Waals surface area contributed by atoms with E-state index in [-0.39, 0.29) is 6.21 Å². The Morgan fingerprint density at radius 2 is 1.42 bits per heavy atom. The minimum atomic E-state index is -2.35. The number of halogens is 5. The maximum Gasteiger partial charge on any atom is 0.301 e. The van der Waals surface area contributed by atoms with Gasteiger partial charge in [0.25, 0.3) is 5.69 Å². The Morgan fingerprint density at radius 1 is 0.885 bits per heavy atom. The van der Waals surface area contributed by atoms with Gasteiger partial charge in [-0.1, -0.05) is 0 Å². The Morgan fingerprint density at radius 3 is 1.92 bits per heavy atom. The SMILES string of the molecule is O=[N+]([O-])c1ccc(N/N=C/c2c(F)c(F)c(F)c(F)c2F)c([N+](=O)[O-])c1. The van der Waals surface area contributed by atoms with Gasteiger partial charge in [-0.05, 0) is 6.07 Å². The van der Waals surface area contributed by atoms with Gasteiger partial charge in [-0.25, -0.2) is 22.0 Å². The van der Waals surface area contributed by atoms with Gasteiger partial charge in [-0.3, -0.25) is 25.7 Å². The number of non-ortho nitro benzene ring substituents is 1. The smallest absolute Gasteiger partial charge is 0.272 e. The summed E-state index contributed by atoms with van der Waals surface area (Å²) < 4.78 is 65.9. The average molecular weight is 376 g/mol. The lowest BCUT2D eigenvalue weighted by Crippen LogP contribution is -2.07. The Bertz CT molecular complexity index is 922. The molecule has 0 saturated carbocycles. The van der Waals surface area contributed by atoms with Gasteiger partial charge in [0.15, 0.2) is 23.3 Å². The Kier molecular flexibility index (Phi) is 5.09. The topological polar surface area (TPSA) is 111 Å². The van der Waals surface area contributed by atoms with E-state index in [0.29, 0.717) is 6.07 Å². The summed E-state index contributed by atoms with van der Waals surface area (Å²) in [7, 11) is 0. The third-order valence-corrected chi connectivity index (χ3v) is 3.01. The summed E-state index contributed by atoms with van der Waals surface area (Å²) in [5.74, 6) is -11.0. The highest BCUT2D eigenvalue weighted by molar-refractivity contribution is 5.81. The fraction of sp³-hybridized carbons (Fsp3) is 0. The van der Waals surface area contributed by atoms with Crippen LogP contribution in [0.25, 0.3) is 0 Å². The van der Waals surface area contributed by atoms with Gasteiger partial charge in [-0.15, -0.1) is 0 Å². The maximum atomic E-state index is 13.5. The van der Waals surface area contributed by atoms with Crippen LogP contribution in [0.5, 0.6) is 0 Å². The van der Waals surface area contributed by atoms with E-state index < -0.39 is 61.6 Å². The molecule has 0 bridgehead atoms. The van der Waals surface area contributed by atoms with Crippen molar-refractivity contribution in [1.29, 1.82) is 0 Å². The molecule has 13 heteroatoms. The van der Waals surface area contributed by atoms with Crippen molar-refractivity contribution >= 4 is 23.3 Å². The number of nitrogens with zero attached hydrogens (tertiary/aromatic N) is 3. The normalized spacial score (nSPS) is 11.0. The van der Waals surface area contributed by atoms with Crippen LogP contribution >= 0.6 is 0 Å². The van der Waals surface area contributed by atoms with Gasteiger partial charge in [0.2, 0.25) is 5.82 Å². The summed E-state index contributed by atoms with van der Waals surface area (Å²) in [5, 5.41) is 24.7. The summed E-state index contributed by atoms with van der Waals surface area (Å²) in [6, 6.07) is 2.35. The van der Waals surface area contributed by atoms with Crippen molar-refractivity contribution in [2.75, 3.05) is 5.43 Å². The van der Waals surface area contributed by atoms with Crippen LogP contribution in [0.1, 0.15) is 5.56 Å². The second-order valence-corrected chi connectivity index (χ2v) is 4.57. The van der Waals surface area contributed by atoms with Crippen LogP contribution in [0.2, 0.25) is 0 Å². The van der Waals surface area contributed by atoms with E-state index >= 15 is 0 Å². The predicted molar refractivity (Wildman–Crippen MR) is 77.2 cm³/mol. The number of nitrogens with one attached hydrogen (secondary N) is 1. The van der Waals surface area contributed by atoms with Crippen LogP contribution in [0, 0.1) is 49.3 Å². The van der Waals surface area contributed by atoms with Crippen LogP contribution in [0.4, 0.5) is 39.0 Å². The largest absolute Gasteiger partial charge is 0.301 e. The van der Waals surface area contributed by atoms with E-state index in [1.54, 1.807) is 0 Å². The number of benzene rings is 2. The molecule has 2 rings (SSSR count). The molecule has 0 fully saturated rings. The van der Waals surface area contributed by atoms with Crippen LogP contribution < -0.4 is 5.43 Å². The van der Waals surface area contributed by atoms with Gasteiger partial charge < -0.3 is 0 Å². The zero-order valence-corrected chi connectivity index (χ0v) is 12.2. The lowest BCUT2D eigenvalue weighted by atomic mass is 10.2. The van der Waals surface area contributed by atoms with Crippen LogP contribution in [-0.2, 0) is 0 Å². The number of hydrazone groups is 1. The Hall–Kier alpha value is -3.64. The molecular formula is C13H5F5N4O4. The van der Waals surface area contributed by atoms with Crippen LogP contribution in [-0.4, -0.2) is 16.1 Å². The standard InChI is InChI=1S/C13H5F5N4O4/c14-9-6(10(15)12(17)13(18)11(9)16)4-19-20-7-2-1-5(21(23)24)3-8(7)22(25)26/h1-4,20H/b19-4+. The van der Waals surface area contributed by atoms with Crippen LogP contribution in [0.3, 0.4) is 0 Å². The molecule has 0 aliphatic heterocycles. The van der Waals surface area contributed by atoms with Crippen molar-refractivity contribution in [2.24, 2.45) is 5.10 Å². The fourth-order valence-electron chi connectivity index (χ4n) is 1.78. The number of anilines is 1. The summed E-state index contributed by atoms with van der Waals surface area (Å²) >= 11 is 0. The predicted octanol–water partition coefficient (Wildman–Crippen LogP) is 3.64.